The molecule has 2 saturated heterocycles. The van der Waals surface area contributed by atoms with Crippen molar-refractivity contribution in [2.45, 2.75) is 43.4 Å². The number of aliphatic carboxylic acids is 1. The molecule has 3 atom stereocenters. The van der Waals surface area contributed by atoms with Crippen LogP contribution in [0.5, 0.6) is 0 Å². The molecule has 0 saturated carbocycles. The lowest BCUT2D eigenvalue weighted by Crippen LogP contribution is -2.29. The van der Waals surface area contributed by atoms with Crippen LogP contribution in [0.1, 0.15) is 32.1 Å². The van der Waals surface area contributed by atoms with E-state index in [1.165, 1.54) is 31.4 Å². The molecule has 0 amide bonds. The maximum absolute atomic E-state index is 10.8. The van der Waals surface area contributed by atoms with E-state index < -0.39 is 5.97 Å². The lowest BCUT2D eigenvalue weighted by Gasteiger charge is -2.23. The molecule has 3 unspecified atom stereocenters. The molecule has 2 N–H and O–H groups in total. The average molecular weight is 229 g/mol. The van der Waals surface area contributed by atoms with Crippen molar-refractivity contribution < 1.29 is 9.90 Å². The van der Waals surface area contributed by atoms with Gasteiger partial charge in [-0.2, -0.15) is 11.8 Å². The first-order valence-electron chi connectivity index (χ1n) is 5.83. The average Bonchev–Trinajstić information content (AvgIpc) is 2.68. The molecule has 4 heteroatoms. The monoisotopic (exact) mass is 229 g/mol. The smallest absolute Gasteiger partial charge is 0.320 e. The van der Waals surface area contributed by atoms with Crippen LogP contribution in [0.15, 0.2) is 0 Å². The first-order valence-corrected chi connectivity index (χ1v) is 6.88. The Morgan fingerprint density at radius 3 is 2.93 bits per heavy atom. The number of nitrogens with one attached hydrogen (secondary N) is 1. The largest absolute Gasteiger partial charge is 0.480 e. The Bertz CT molecular complexity index is 229. The second kappa shape index (κ2) is 5.21. The summed E-state index contributed by atoms with van der Waals surface area (Å²) in [6.07, 6.45) is 6.09. The molecule has 0 bridgehead atoms. The van der Waals surface area contributed by atoms with Crippen molar-refractivity contribution in [3.63, 3.8) is 0 Å². The van der Waals surface area contributed by atoms with E-state index in [0.717, 1.165) is 18.2 Å². The van der Waals surface area contributed by atoms with E-state index in [-0.39, 0.29) is 6.04 Å². The van der Waals surface area contributed by atoms with Crippen LogP contribution in [0.4, 0.5) is 0 Å². The Morgan fingerprint density at radius 2 is 2.33 bits per heavy atom. The Kier molecular flexibility index (Phi) is 3.92. The normalized spacial score (nSPS) is 36.7. The van der Waals surface area contributed by atoms with Crippen LogP contribution in [0.2, 0.25) is 0 Å². The summed E-state index contributed by atoms with van der Waals surface area (Å²) >= 11 is 2.08. The summed E-state index contributed by atoms with van der Waals surface area (Å²) in [6.45, 7) is 0.897. The van der Waals surface area contributed by atoms with Crippen molar-refractivity contribution in [3.8, 4) is 0 Å². The van der Waals surface area contributed by atoms with E-state index in [1.54, 1.807) is 0 Å². The van der Waals surface area contributed by atoms with Gasteiger partial charge in [-0.05, 0) is 43.9 Å². The summed E-state index contributed by atoms with van der Waals surface area (Å²) < 4.78 is 0. The van der Waals surface area contributed by atoms with E-state index in [9.17, 15) is 4.79 Å². The van der Waals surface area contributed by atoms with Crippen LogP contribution in [-0.2, 0) is 4.79 Å². The number of carboxylic acid groups (broad SMARTS) is 1. The molecule has 86 valence electrons. The molecule has 3 nitrogen and oxygen atoms in total. The Morgan fingerprint density at radius 1 is 1.47 bits per heavy atom. The Balaban J connectivity index is 1.74. The molecule has 15 heavy (non-hydrogen) atoms. The molecular weight excluding hydrogens is 210 g/mol. The highest BCUT2D eigenvalue weighted by Crippen LogP contribution is 2.32. The first-order chi connectivity index (χ1) is 7.25. The minimum absolute atomic E-state index is 0.288. The van der Waals surface area contributed by atoms with Gasteiger partial charge in [0.1, 0.15) is 6.04 Å². The minimum Gasteiger partial charge on any atom is -0.480 e. The van der Waals surface area contributed by atoms with Crippen LogP contribution in [-0.4, -0.2) is 34.7 Å². The van der Waals surface area contributed by atoms with Crippen molar-refractivity contribution >= 4 is 17.7 Å². The molecule has 2 fully saturated rings. The SMILES string of the molecule is O=C(O)C1CC(CC2CCCCS2)CN1. The highest BCUT2D eigenvalue weighted by molar-refractivity contribution is 7.99. The fourth-order valence-electron chi connectivity index (χ4n) is 2.54. The van der Waals surface area contributed by atoms with Gasteiger partial charge in [0.15, 0.2) is 0 Å². The summed E-state index contributed by atoms with van der Waals surface area (Å²) in [4.78, 5) is 10.8. The number of thioether (sulfide) groups is 1. The quantitative estimate of drug-likeness (QED) is 0.773. The lowest BCUT2D eigenvalue weighted by molar-refractivity contribution is -0.139. The summed E-state index contributed by atoms with van der Waals surface area (Å²) in [6, 6.07) is -0.288. The van der Waals surface area contributed by atoms with Crippen molar-refractivity contribution in [1.82, 2.24) is 5.32 Å². The van der Waals surface area contributed by atoms with Gasteiger partial charge in [-0.15, -0.1) is 0 Å². The third-order valence-electron chi connectivity index (χ3n) is 3.39. The number of hydrogen-bond donors (Lipinski definition) is 2. The van der Waals surface area contributed by atoms with Gasteiger partial charge < -0.3 is 10.4 Å². The molecule has 2 rings (SSSR count). The van der Waals surface area contributed by atoms with Crippen molar-refractivity contribution in [1.29, 1.82) is 0 Å². The summed E-state index contributed by atoms with van der Waals surface area (Å²) in [7, 11) is 0. The van der Waals surface area contributed by atoms with E-state index >= 15 is 0 Å². The Hall–Kier alpha value is -0.220. The van der Waals surface area contributed by atoms with Crippen molar-refractivity contribution in [3.05, 3.63) is 0 Å². The molecule has 0 radical (unpaired) electrons. The zero-order valence-electron chi connectivity index (χ0n) is 8.95. The van der Waals surface area contributed by atoms with Crippen LogP contribution in [0.25, 0.3) is 0 Å². The van der Waals surface area contributed by atoms with Crippen LogP contribution >= 0.6 is 11.8 Å². The van der Waals surface area contributed by atoms with Crippen LogP contribution in [0.3, 0.4) is 0 Å². The molecule has 2 aliphatic heterocycles. The van der Waals surface area contributed by atoms with E-state index in [4.69, 9.17) is 5.11 Å². The Labute approximate surface area is 95.0 Å². The van der Waals surface area contributed by atoms with Gasteiger partial charge in [0.2, 0.25) is 0 Å². The summed E-state index contributed by atoms with van der Waals surface area (Å²) in [5.74, 6) is 1.20. The molecule has 2 heterocycles. The number of carboxylic acids is 1. The van der Waals surface area contributed by atoms with Crippen LogP contribution in [0, 0.1) is 5.92 Å². The van der Waals surface area contributed by atoms with E-state index in [2.05, 4.69) is 17.1 Å². The maximum Gasteiger partial charge on any atom is 0.320 e. The molecule has 2 aliphatic rings. The van der Waals surface area contributed by atoms with Crippen molar-refractivity contribution in [2.24, 2.45) is 5.92 Å². The standard InChI is InChI=1S/C11H19NO2S/c13-11(14)10-6-8(7-12-10)5-9-3-1-2-4-15-9/h8-10,12H,1-7H2,(H,13,14). The molecule has 0 aromatic rings. The number of carbonyl (C=O) groups is 1. The van der Waals surface area contributed by atoms with E-state index in [1.807, 2.05) is 0 Å². The fraction of sp³-hybridized carbons (Fsp3) is 0.909. The van der Waals surface area contributed by atoms with Gasteiger partial charge >= 0.3 is 5.97 Å². The van der Waals surface area contributed by atoms with Gasteiger partial charge in [-0.3, -0.25) is 4.79 Å². The first kappa shape index (κ1) is 11.3. The third-order valence-corrected chi connectivity index (χ3v) is 4.81. The van der Waals surface area contributed by atoms with Gasteiger partial charge in [-0.1, -0.05) is 6.42 Å². The van der Waals surface area contributed by atoms with Crippen LogP contribution < -0.4 is 5.32 Å². The number of rotatable bonds is 3. The molecule has 0 spiro atoms. The molecule has 0 aliphatic carbocycles. The molecule has 0 aromatic carbocycles. The predicted molar refractivity (Wildman–Crippen MR) is 62.2 cm³/mol. The fourth-order valence-corrected chi connectivity index (χ4v) is 3.99. The minimum atomic E-state index is -0.686. The van der Waals surface area contributed by atoms with Gasteiger partial charge in [0.05, 0.1) is 0 Å². The summed E-state index contributed by atoms with van der Waals surface area (Å²) in [5, 5.41) is 12.7. The topological polar surface area (TPSA) is 49.3 Å². The van der Waals surface area contributed by atoms with E-state index in [0.29, 0.717) is 5.92 Å². The molecule has 0 aromatic heterocycles. The maximum atomic E-state index is 10.8. The third kappa shape index (κ3) is 3.11. The van der Waals surface area contributed by atoms with Crippen molar-refractivity contribution in [2.75, 3.05) is 12.3 Å². The zero-order chi connectivity index (χ0) is 10.7. The highest BCUT2D eigenvalue weighted by atomic mass is 32.2. The second-order valence-electron chi connectivity index (χ2n) is 4.63. The molecular formula is C11H19NO2S. The van der Waals surface area contributed by atoms with Gasteiger partial charge in [0.25, 0.3) is 0 Å². The van der Waals surface area contributed by atoms with Gasteiger partial charge in [-0.25, -0.2) is 0 Å². The second-order valence-corrected chi connectivity index (χ2v) is 6.03. The zero-order valence-corrected chi connectivity index (χ0v) is 9.76. The summed E-state index contributed by atoms with van der Waals surface area (Å²) in [5.41, 5.74) is 0. The van der Waals surface area contributed by atoms with Gasteiger partial charge in [0, 0.05) is 5.25 Å². The predicted octanol–water partition coefficient (Wildman–Crippen LogP) is 1.72. The highest BCUT2D eigenvalue weighted by Gasteiger charge is 2.30. The number of hydrogen-bond acceptors (Lipinski definition) is 3. The lowest BCUT2D eigenvalue weighted by atomic mass is 9.97.